The normalized spacial score (nSPS) is 18.5. The number of imide groups is 3. The number of anilines is 7. The number of amides is 6. The van der Waals surface area contributed by atoms with Gasteiger partial charge in [0, 0.05) is 144 Å². The number of pyridine rings is 2. The number of carbonyl (C=O) groups is 6. The maximum absolute atomic E-state index is 14.5. The number of nitrogens with zero attached hydrogens (tertiary/aromatic N) is 17. The number of piperazine rings is 1. The third-order valence-electron chi connectivity index (χ3n) is 23.8. The van der Waals surface area contributed by atoms with Crippen LogP contribution in [-0.4, -0.2) is 201 Å². The van der Waals surface area contributed by atoms with E-state index in [0.29, 0.717) is 71.9 Å². The Morgan fingerprint density at radius 1 is 0.628 bits per heavy atom. The van der Waals surface area contributed by atoms with Crippen LogP contribution in [0, 0.1) is 12.8 Å². The number of hydrogen-bond donors (Lipinski definition) is 8. The average molecular weight is 1640 g/mol. The number of aromatic nitrogens is 10. The van der Waals surface area contributed by atoms with E-state index in [9.17, 15) is 48.6 Å². The van der Waals surface area contributed by atoms with Crippen LogP contribution in [0.15, 0.2) is 172 Å². The molecule has 6 aliphatic heterocycles. The van der Waals surface area contributed by atoms with Crippen molar-refractivity contribution in [2.24, 2.45) is 23.0 Å². The highest BCUT2D eigenvalue weighted by Crippen LogP contribution is 2.37. The third-order valence-corrected chi connectivity index (χ3v) is 23.8. The molecule has 12 heterocycles. The number of rotatable bonds is 26. The summed E-state index contributed by atoms with van der Waals surface area (Å²) in [6.07, 6.45) is 11.6. The van der Waals surface area contributed by atoms with Gasteiger partial charge in [-0.3, -0.25) is 63.5 Å². The number of carbonyl (C=O) groups excluding carboxylic acids is 6. The van der Waals surface area contributed by atoms with Gasteiger partial charge in [0.1, 0.15) is 22.6 Å². The largest absolute Gasteiger partial charge is 0.384 e. The van der Waals surface area contributed by atoms with Crippen molar-refractivity contribution in [2.45, 2.75) is 128 Å². The molecule has 33 heteroatoms. The maximum atomic E-state index is 14.5. The molecule has 8 N–H and O–H groups in total. The Bertz CT molecular complexity index is 5890. The van der Waals surface area contributed by atoms with Gasteiger partial charge in [-0.05, 0) is 194 Å². The summed E-state index contributed by atoms with van der Waals surface area (Å²) in [4.78, 5) is 143. The summed E-state index contributed by atoms with van der Waals surface area (Å²) in [5.41, 5.74) is 5.12. The van der Waals surface area contributed by atoms with Crippen molar-refractivity contribution in [1.29, 1.82) is 0 Å². The summed E-state index contributed by atoms with van der Waals surface area (Å²) in [7, 11) is 1.91. The molecule has 5 fully saturated rings. The Morgan fingerprint density at radius 2 is 1.26 bits per heavy atom. The minimum atomic E-state index is -1.57. The Hall–Kier alpha value is -13.1. The highest BCUT2D eigenvalue weighted by Gasteiger charge is 2.45. The molecule has 0 radical (unpaired) electrons. The van der Waals surface area contributed by atoms with E-state index in [0.717, 1.165) is 129 Å². The molecule has 6 aromatic heterocycles. The van der Waals surface area contributed by atoms with Crippen molar-refractivity contribution in [3.8, 4) is 11.6 Å². The Kier molecular flexibility index (Phi) is 23.1. The minimum absolute atomic E-state index is 0.00410. The number of benzene rings is 4. The Balaban J connectivity index is 0.528. The molecule has 0 saturated carbocycles. The molecule has 6 amide bonds. The van der Waals surface area contributed by atoms with E-state index in [1.165, 1.54) is 15.6 Å². The summed E-state index contributed by atoms with van der Waals surface area (Å²) in [6.45, 7) is 24.0. The van der Waals surface area contributed by atoms with Crippen molar-refractivity contribution in [3.63, 3.8) is 0 Å². The average Bonchev–Trinajstić information content (AvgIpc) is 1.61. The Morgan fingerprint density at radius 3 is 1.95 bits per heavy atom. The van der Waals surface area contributed by atoms with Crippen LogP contribution in [0.3, 0.4) is 0 Å². The third kappa shape index (κ3) is 17.1. The number of guanidine groups is 1. The first-order valence-electron chi connectivity index (χ1n) is 41.2. The minimum Gasteiger partial charge on any atom is -0.384 e. The van der Waals surface area contributed by atoms with Crippen LogP contribution in [0.1, 0.15) is 128 Å². The van der Waals surface area contributed by atoms with Crippen LogP contribution in [0.2, 0.25) is 0 Å². The molecule has 3 unspecified atom stereocenters. The number of nitrogens with one attached hydrogen (secondary N) is 6. The van der Waals surface area contributed by atoms with Crippen molar-refractivity contribution in [3.05, 3.63) is 207 Å². The monoisotopic (exact) mass is 1640 g/mol. The molecule has 5 saturated heterocycles. The lowest BCUT2D eigenvalue weighted by atomic mass is 9.92. The fourth-order valence-electron chi connectivity index (χ4n) is 17.1. The predicted octanol–water partition coefficient (Wildman–Crippen LogP) is 7.96. The van der Waals surface area contributed by atoms with Crippen molar-refractivity contribution in [1.82, 2.24) is 74.2 Å². The first-order chi connectivity index (χ1) is 58.3. The van der Waals surface area contributed by atoms with Crippen LogP contribution in [0.25, 0.3) is 33.6 Å². The fraction of sp³-hybridized carbons (Fsp3) is 0.375. The first kappa shape index (κ1) is 81.6. The SMILES string of the molecule is C=CCn1c(=O)c2cnc(Nc3ccc(N4CCN(CC5CCN(c6ccc7c(C8CCC(=O)NC8=O)nn(C)c7c6)CC5)CC4)cc3)nc2n1-c1cccc(C(C)(O)C/C=C/Cn2c(=O)c(C)c(/N=C(\N=C)Nc3ccc(N4CCC(NCCNc5ccc6c(c5)C(=O)N(C5CCC(=O)NC5=O)C6=O)CC4)cc3)n2-c2cccc(C(C)(C)O)n2)n1. The molecule has 0 aliphatic carbocycles. The van der Waals surface area contributed by atoms with Gasteiger partial charge in [0.25, 0.3) is 22.9 Å². The molecule has 6 aliphatic rings. The molecule has 121 heavy (non-hydrogen) atoms. The fourth-order valence-corrected chi connectivity index (χ4v) is 17.1. The molecule has 0 spiro atoms. The van der Waals surface area contributed by atoms with E-state index in [1.54, 1.807) is 110 Å². The number of piperidine rings is 4. The predicted molar refractivity (Wildman–Crippen MR) is 463 cm³/mol. The van der Waals surface area contributed by atoms with Crippen LogP contribution >= 0.6 is 0 Å². The van der Waals surface area contributed by atoms with Gasteiger partial charge < -0.3 is 46.2 Å². The number of hydrogen-bond acceptors (Lipinski definition) is 23. The van der Waals surface area contributed by atoms with E-state index >= 15 is 0 Å². The number of fused-ring (bicyclic) bond motifs is 3. The zero-order valence-corrected chi connectivity index (χ0v) is 68.4. The smallest absolute Gasteiger partial charge is 0.278 e. The summed E-state index contributed by atoms with van der Waals surface area (Å²) >= 11 is 0. The Labute approximate surface area is 697 Å². The van der Waals surface area contributed by atoms with Crippen molar-refractivity contribution in [2.75, 3.05) is 103 Å². The van der Waals surface area contributed by atoms with Gasteiger partial charge in [-0.1, -0.05) is 30.4 Å². The van der Waals surface area contributed by atoms with Crippen molar-refractivity contribution < 1.29 is 39.0 Å². The van der Waals surface area contributed by atoms with Crippen LogP contribution in [-0.2, 0) is 50.5 Å². The van der Waals surface area contributed by atoms with Gasteiger partial charge in [0.05, 0.1) is 58.3 Å². The van der Waals surface area contributed by atoms with Gasteiger partial charge >= 0.3 is 0 Å². The standard InChI is InChI=1S/C88H99N23O10/c1-8-40-107-82(117)67-52-92-86(94-58-19-24-61(25-20-58)106-48-46-103(47-49-106)53-55-33-42-105(43-34-55)62-26-28-64-69(51-62)102(7)101-76(64)65-29-31-74(112)97-79(65)114)100-78(67)111(107)73-16-12-14-71(96-73)88(5,121)37-9-10-41-108-81(116)54(2)77(110(108)72-15-11-13-70(95-72)87(3,4)120)99-85(89-6)93-57-17-22-60(23-18-57)104-44-35-56(36-45-104)90-38-39-91-59-21-27-63-66(50-59)84(119)109(83(63)118)68-30-32-75(113)98-80(68)115/h8-28,50-52,55-56,65,68,90-91,120-121H,1,6,29-49,53H2,2-5,7H3,(H,93,99)(H,92,94,100)(H,97,112,114)(H,98,113,115)/b10-9+. The zero-order chi connectivity index (χ0) is 84.5. The quantitative estimate of drug-likeness (QED) is 0.00837. The van der Waals surface area contributed by atoms with E-state index in [-0.39, 0.29) is 101 Å². The topological polar surface area (TPSA) is 379 Å². The van der Waals surface area contributed by atoms with Gasteiger partial charge in [-0.15, -0.1) is 6.58 Å². The number of allylic oxidation sites excluding steroid dienone is 2. The first-order valence-corrected chi connectivity index (χ1v) is 41.2. The molecular formula is C88H99N23O10. The number of aryl methyl sites for hydroxylation is 1. The van der Waals surface area contributed by atoms with E-state index in [1.807, 2.05) is 48.1 Å². The molecule has 33 nitrogen and oxygen atoms in total. The van der Waals surface area contributed by atoms with Gasteiger partial charge in [-0.2, -0.15) is 15.1 Å². The van der Waals surface area contributed by atoms with Gasteiger partial charge in [0.2, 0.25) is 35.5 Å². The highest BCUT2D eigenvalue weighted by atomic mass is 16.3. The molecule has 4 aromatic carbocycles. The van der Waals surface area contributed by atoms with Crippen LogP contribution in [0.4, 0.5) is 45.9 Å². The number of aliphatic hydroxyl groups is 2. The van der Waals surface area contributed by atoms with Crippen LogP contribution < -0.4 is 57.7 Å². The maximum Gasteiger partial charge on any atom is 0.278 e. The summed E-state index contributed by atoms with van der Waals surface area (Å²) in [5.74, 6) is -1.33. The van der Waals surface area contributed by atoms with E-state index in [4.69, 9.17) is 25.0 Å². The lowest BCUT2D eigenvalue weighted by Crippen LogP contribution is -2.54. The molecule has 16 rings (SSSR count). The molecule has 10 aromatic rings. The second-order valence-electron chi connectivity index (χ2n) is 32.6. The van der Waals surface area contributed by atoms with E-state index < -0.39 is 46.8 Å². The summed E-state index contributed by atoms with van der Waals surface area (Å²) in [6, 6.07) is 37.0. The summed E-state index contributed by atoms with van der Waals surface area (Å²) in [5, 5.41) is 47.7. The van der Waals surface area contributed by atoms with Crippen LogP contribution in [0.5, 0.6) is 0 Å². The van der Waals surface area contributed by atoms with Gasteiger partial charge in [0.15, 0.2) is 23.1 Å². The van der Waals surface area contributed by atoms with E-state index in [2.05, 4.69) is 105 Å². The summed E-state index contributed by atoms with van der Waals surface area (Å²) < 4.78 is 7.98. The molecular weight excluding hydrogens is 1540 g/mol. The zero-order valence-electron chi connectivity index (χ0n) is 68.4. The highest BCUT2D eigenvalue weighted by molar-refractivity contribution is 6.24. The lowest BCUT2D eigenvalue weighted by Gasteiger charge is -2.40. The molecule has 3 atom stereocenters. The second-order valence-corrected chi connectivity index (χ2v) is 32.6. The lowest BCUT2D eigenvalue weighted by molar-refractivity contribution is -0.137. The molecule has 626 valence electrons. The molecule has 0 bridgehead atoms. The van der Waals surface area contributed by atoms with Gasteiger partial charge in [-0.25, -0.2) is 38.7 Å². The van der Waals surface area contributed by atoms with Crippen molar-refractivity contribution >= 4 is 116 Å². The number of aliphatic imine (C=N–C) groups is 2. The second kappa shape index (κ2) is 34.3.